The summed E-state index contributed by atoms with van der Waals surface area (Å²) in [6.07, 6.45) is -1.32. The number of ether oxygens (including phenoxy) is 2. The molecule has 2 N–H and O–H groups in total. The second-order valence-corrected chi connectivity index (χ2v) is 10.1. The zero-order valence-corrected chi connectivity index (χ0v) is 20.7. The number of rotatable bonds is 5. The van der Waals surface area contributed by atoms with Crippen LogP contribution in [0.5, 0.6) is 0 Å². The van der Waals surface area contributed by atoms with E-state index in [2.05, 4.69) is 10.3 Å². The fraction of sp³-hybridized carbons (Fsp3) is 0.333. The highest BCUT2D eigenvalue weighted by atomic mass is 16.6. The average Bonchev–Trinajstić information content (AvgIpc) is 3.35. The minimum absolute atomic E-state index is 0.0662. The number of oxazole rings is 1. The normalized spacial score (nSPS) is 14.9. The van der Waals surface area contributed by atoms with Crippen LogP contribution in [0.3, 0.4) is 0 Å². The average molecular weight is 506 g/mol. The van der Waals surface area contributed by atoms with E-state index in [1.54, 1.807) is 20.8 Å². The topological polar surface area (TPSA) is 131 Å². The minimum Gasteiger partial charge on any atom is -0.476 e. The number of benzene rings is 2. The van der Waals surface area contributed by atoms with Crippen molar-refractivity contribution in [1.29, 1.82) is 0 Å². The Kier molecular flexibility index (Phi) is 6.10. The first kappa shape index (κ1) is 24.4. The van der Waals surface area contributed by atoms with Gasteiger partial charge in [0.15, 0.2) is 0 Å². The van der Waals surface area contributed by atoms with Gasteiger partial charge in [-0.3, -0.25) is 5.32 Å². The SMILES string of the molecule is CC(C)(C)OC(=O)N1CC(c2nc(C(=O)O)c(NC(=O)OCC3c4ccccc4-c4ccccc43)o2)C1. The smallest absolute Gasteiger partial charge is 0.414 e. The Balaban J connectivity index is 1.23. The number of hydrogen-bond donors (Lipinski definition) is 2. The van der Waals surface area contributed by atoms with E-state index in [4.69, 9.17) is 13.9 Å². The van der Waals surface area contributed by atoms with Crippen molar-refractivity contribution in [2.24, 2.45) is 0 Å². The van der Waals surface area contributed by atoms with E-state index in [0.29, 0.717) is 0 Å². The molecule has 2 aromatic carbocycles. The van der Waals surface area contributed by atoms with Gasteiger partial charge < -0.3 is 23.9 Å². The molecule has 1 aromatic heterocycles. The van der Waals surface area contributed by atoms with Crippen LogP contribution in [0.15, 0.2) is 52.9 Å². The summed E-state index contributed by atoms with van der Waals surface area (Å²) in [7, 11) is 0. The molecule has 0 bridgehead atoms. The molecule has 0 atom stereocenters. The number of aromatic nitrogens is 1. The second kappa shape index (κ2) is 9.27. The van der Waals surface area contributed by atoms with E-state index >= 15 is 0 Å². The van der Waals surface area contributed by atoms with Crippen LogP contribution in [0.25, 0.3) is 11.1 Å². The van der Waals surface area contributed by atoms with Crippen molar-refractivity contribution in [3.8, 4) is 11.1 Å². The van der Waals surface area contributed by atoms with Crippen LogP contribution in [-0.2, 0) is 9.47 Å². The Labute approximate surface area is 213 Å². The van der Waals surface area contributed by atoms with Gasteiger partial charge in [-0.1, -0.05) is 48.5 Å². The van der Waals surface area contributed by atoms with Crippen LogP contribution >= 0.6 is 0 Å². The number of hydrogen-bond acceptors (Lipinski definition) is 7. The Bertz CT molecular complexity index is 1320. The predicted octanol–water partition coefficient (Wildman–Crippen LogP) is 5.07. The second-order valence-electron chi connectivity index (χ2n) is 10.1. The number of amides is 2. The van der Waals surface area contributed by atoms with E-state index in [0.717, 1.165) is 22.3 Å². The molecule has 2 aliphatic rings. The lowest BCUT2D eigenvalue weighted by molar-refractivity contribution is 0.00609. The predicted molar refractivity (Wildman–Crippen MR) is 133 cm³/mol. The van der Waals surface area contributed by atoms with Crippen LogP contribution in [0.1, 0.15) is 60.1 Å². The molecule has 2 heterocycles. The van der Waals surface area contributed by atoms with Gasteiger partial charge in [0.2, 0.25) is 17.5 Å². The van der Waals surface area contributed by atoms with E-state index in [1.807, 2.05) is 48.5 Å². The highest BCUT2D eigenvalue weighted by molar-refractivity contribution is 5.95. The molecule has 0 unspecified atom stereocenters. The van der Waals surface area contributed by atoms with E-state index < -0.39 is 29.5 Å². The molecule has 0 saturated carbocycles. The Hall–Kier alpha value is -4.34. The first-order valence-electron chi connectivity index (χ1n) is 11.9. The van der Waals surface area contributed by atoms with Gasteiger partial charge in [-0.2, -0.15) is 0 Å². The van der Waals surface area contributed by atoms with Gasteiger partial charge in [-0.05, 0) is 43.0 Å². The van der Waals surface area contributed by atoms with Crippen molar-refractivity contribution in [3.63, 3.8) is 0 Å². The van der Waals surface area contributed by atoms with Crippen LogP contribution in [0, 0.1) is 0 Å². The Morgan fingerprint density at radius 1 is 1.05 bits per heavy atom. The molecule has 5 rings (SSSR count). The van der Waals surface area contributed by atoms with E-state index in [9.17, 15) is 19.5 Å². The third kappa shape index (κ3) is 4.87. The number of nitrogens with one attached hydrogen (secondary N) is 1. The maximum atomic E-state index is 12.6. The number of anilines is 1. The lowest BCUT2D eigenvalue weighted by Gasteiger charge is -2.38. The molecular weight excluding hydrogens is 478 g/mol. The van der Waals surface area contributed by atoms with Gasteiger partial charge in [-0.15, -0.1) is 0 Å². The van der Waals surface area contributed by atoms with Crippen molar-refractivity contribution in [1.82, 2.24) is 9.88 Å². The van der Waals surface area contributed by atoms with Crippen molar-refractivity contribution in [2.75, 3.05) is 25.0 Å². The van der Waals surface area contributed by atoms with Gasteiger partial charge in [-0.25, -0.2) is 19.4 Å². The minimum atomic E-state index is -1.35. The number of fused-ring (bicyclic) bond motifs is 3. The molecule has 0 radical (unpaired) electrons. The van der Waals surface area contributed by atoms with Crippen molar-refractivity contribution in [2.45, 2.75) is 38.2 Å². The zero-order valence-electron chi connectivity index (χ0n) is 20.7. The van der Waals surface area contributed by atoms with Gasteiger partial charge in [0.1, 0.15) is 12.2 Å². The largest absolute Gasteiger partial charge is 0.476 e. The van der Waals surface area contributed by atoms with Crippen LogP contribution in [0.2, 0.25) is 0 Å². The maximum Gasteiger partial charge on any atom is 0.414 e. The summed E-state index contributed by atoms with van der Waals surface area (Å²) in [6.45, 7) is 5.92. The fourth-order valence-electron chi connectivity index (χ4n) is 4.58. The monoisotopic (exact) mass is 505 g/mol. The van der Waals surface area contributed by atoms with Crippen molar-refractivity contribution >= 4 is 24.0 Å². The molecule has 10 nitrogen and oxygen atoms in total. The first-order valence-corrected chi connectivity index (χ1v) is 11.9. The quantitative estimate of drug-likeness (QED) is 0.491. The van der Waals surface area contributed by atoms with Gasteiger partial charge in [0.25, 0.3) is 0 Å². The molecule has 1 fully saturated rings. The lowest BCUT2D eigenvalue weighted by atomic mass is 9.98. The molecule has 1 saturated heterocycles. The summed E-state index contributed by atoms with van der Waals surface area (Å²) < 4.78 is 16.4. The van der Waals surface area contributed by atoms with Gasteiger partial charge in [0, 0.05) is 19.0 Å². The van der Waals surface area contributed by atoms with Crippen molar-refractivity contribution in [3.05, 3.63) is 71.2 Å². The fourth-order valence-corrected chi connectivity index (χ4v) is 4.58. The number of nitrogens with zero attached hydrogens (tertiary/aromatic N) is 2. The van der Waals surface area contributed by atoms with Crippen LogP contribution < -0.4 is 5.32 Å². The molecular formula is C27H27N3O7. The summed E-state index contributed by atoms with van der Waals surface area (Å²) in [6, 6.07) is 15.9. The number of carboxylic acid groups (broad SMARTS) is 1. The number of carboxylic acids is 1. The molecule has 0 spiro atoms. The zero-order chi connectivity index (χ0) is 26.3. The standard InChI is InChI=1S/C27H27N3O7/c1-27(2,3)37-26(34)30-12-15(13-30)22-28-21(24(31)32)23(36-22)29-25(33)35-14-20-18-10-6-4-8-16(18)17-9-5-7-11-19(17)20/h4-11,15,20H,12-14H2,1-3H3,(H,29,33)(H,31,32). The third-order valence-electron chi connectivity index (χ3n) is 6.29. The van der Waals surface area contributed by atoms with Crippen LogP contribution in [0.4, 0.5) is 15.5 Å². The highest BCUT2D eigenvalue weighted by Gasteiger charge is 2.39. The van der Waals surface area contributed by atoms with Gasteiger partial charge in [0.05, 0.1) is 5.92 Å². The molecule has 2 amide bonds. The number of aromatic carboxylic acids is 1. The lowest BCUT2D eigenvalue weighted by Crippen LogP contribution is -2.50. The molecule has 10 heteroatoms. The Morgan fingerprint density at radius 2 is 1.65 bits per heavy atom. The summed E-state index contributed by atoms with van der Waals surface area (Å²) >= 11 is 0. The first-order chi connectivity index (χ1) is 17.6. The van der Waals surface area contributed by atoms with Crippen LogP contribution in [-0.4, -0.2) is 58.4 Å². The van der Waals surface area contributed by atoms with Crippen molar-refractivity contribution < 1.29 is 33.4 Å². The number of likely N-dealkylation sites (tertiary alicyclic amines) is 1. The number of carbonyl (C=O) groups is 3. The molecule has 3 aromatic rings. The molecule has 37 heavy (non-hydrogen) atoms. The third-order valence-corrected chi connectivity index (χ3v) is 6.29. The number of carbonyl (C=O) groups excluding carboxylic acids is 2. The summed E-state index contributed by atoms with van der Waals surface area (Å²) in [4.78, 5) is 42.0. The molecule has 192 valence electrons. The van der Waals surface area contributed by atoms with E-state index in [-0.39, 0.29) is 43.3 Å². The Morgan fingerprint density at radius 3 is 2.22 bits per heavy atom. The maximum absolute atomic E-state index is 12.6. The van der Waals surface area contributed by atoms with E-state index in [1.165, 1.54) is 4.90 Å². The molecule has 1 aliphatic carbocycles. The summed E-state index contributed by atoms with van der Waals surface area (Å²) in [5, 5.41) is 11.9. The summed E-state index contributed by atoms with van der Waals surface area (Å²) in [5.74, 6) is -2.01. The highest BCUT2D eigenvalue weighted by Crippen LogP contribution is 2.44. The molecule has 1 aliphatic heterocycles. The van der Waals surface area contributed by atoms with Gasteiger partial charge >= 0.3 is 18.2 Å². The summed E-state index contributed by atoms with van der Waals surface area (Å²) in [5.41, 5.74) is 3.26.